The molecule has 1 heterocycles. The molecular formula is C10H11BN4O2. The third-order valence-corrected chi connectivity index (χ3v) is 1.93. The Hall–Kier alpha value is -2.36. The van der Waals surface area contributed by atoms with Crippen LogP contribution in [0.4, 0.5) is 11.5 Å². The van der Waals surface area contributed by atoms with Crippen molar-refractivity contribution in [2.24, 2.45) is 0 Å². The highest BCUT2D eigenvalue weighted by atomic mass is 16.2. The first-order valence-corrected chi connectivity index (χ1v) is 4.91. The minimum Gasteiger partial charge on any atom is -0.325 e. The number of rotatable bonds is 2. The summed E-state index contributed by atoms with van der Waals surface area (Å²) in [6.07, 6.45) is 0. The lowest BCUT2D eigenvalue weighted by Crippen LogP contribution is -2.21. The van der Waals surface area contributed by atoms with E-state index >= 15 is 0 Å². The molecule has 1 aromatic heterocycles. The van der Waals surface area contributed by atoms with Gasteiger partial charge in [0.05, 0.1) is 11.3 Å². The molecule has 0 fully saturated rings. The molecule has 0 aromatic carbocycles. The molecular weight excluding hydrogens is 219 g/mol. The molecule has 2 amide bonds. The van der Waals surface area contributed by atoms with Crippen LogP contribution in [0.25, 0.3) is 0 Å². The van der Waals surface area contributed by atoms with Gasteiger partial charge in [0.15, 0.2) is 7.85 Å². The third kappa shape index (κ3) is 3.31. The van der Waals surface area contributed by atoms with Gasteiger partial charge in [0, 0.05) is 25.5 Å². The van der Waals surface area contributed by atoms with Crippen molar-refractivity contribution in [1.29, 1.82) is 5.26 Å². The molecule has 0 aliphatic rings. The summed E-state index contributed by atoms with van der Waals surface area (Å²) in [4.78, 5) is 26.0. The molecule has 6 nitrogen and oxygen atoms in total. The maximum absolute atomic E-state index is 11.0. The molecule has 0 saturated heterocycles. The van der Waals surface area contributed by atoms with Crippen LogP contribution in [0.5, 0.6) is 0 Å². The van der Waals surface area contributed by atoms with Gasteiger partial charge in [-0.2, -0.15) is 5.26 Å². The Morgan fingerprint density at radius 3 is 2.41 bits per heavy atom. The van der Waals surface area contributed by atoms with Crippen LogP contribution in [0, 0.1) is 11.3 Å². The lowest BCUT2D eigenvalue weighted by Gasteiger charge is -2.10. The van der Waals surface area contributed by atoms with Gasteiger partial charge in [-0.05, 0) is 0 Å². The molecule has 0 aliphatic heterocycles. The SMILES string of the molecule is Bc1nc(NC(C)=O)cc(NC(C)=O)c1C#N. The molecule has 0 bridgehead atoms. The van der Waals surface area contributed by atoms with Crippen LogP contribution in [0.3, 0.4) is 0 Å². The van der Waals surface area contributed by atoms with Crippen molar-refractivity contribution < 1.29 is 9.59 Å². The molecule has 1 rings (SSSR count). The fourth-order valence-electron chi connectivity index (χ4n) is 1.35. The van der Waals surface area contributed by atoms with Crippen molar-refractivity contribution in [1.82, 2.24) is 4.98 Å². The summed E-state index contributed by atoms with van der Waals surface area (Å²) in [7, 11) is 1.63. The lowest BCUT2D eigenvalue weighted by molar-refractivity contribution is -0.115. The molecule has 7 heteroatoms. The highest BCUT2D eigenvalue weighted by Crippen LogP contribution is 2.16. The standard InChI is InChI=1S/C10H11BN4O2/c1-5(16)13-8-3-9(14-6(2)17)15-10(11)7(8)4-12/h3H,11H2,1-2H3,(H2,13,14,15,16,17). The summed E-state index contributed by atoms with van der Waals surface area (Å²) in [5.74, 6) is -0.256. The highest BCUT2D eigenvalue weighted by molar-refractivity contribution is 6.33. The number of carbonyl (C=O) groups excluding carboxylic acids is 2. The molecule has 0 saturated carbocycles. The van der Waals surface area contributed by atoms with Gasteiger partial charge < -0.3 is 10.6 Å². The number of hydrogen-bond donors (Lipinski definition) is 2. The molecule has 0 unspecified atom stereocenters. The summed E-state index contributed by atoms with van der Waals surface area (Å²) in [6, 6.07) is 3.41. The largest absolute Gasteiger partial charge is 0.325 e. The number of hydrogen-bond acceptors (Lipinski definition) is 4. The van der Waals surface area contributed by atoms with Gasteiger partial charge in [-0.1, -0.05) is 0 Å². The fraction of sp³-hybridized carbons (Fsp3) is 0.200. The van der Waals surface area contributed by atoms with Gasteiger partial charge >= 0.3 is 0 Å². The van der Waals surface area contributed by atoms with E-state index in [-0.39, 0.29) is 17.4 Å². The second kappa shape index (κ2) is 5.12. The maximum Gasteiger partial charge on any atom is 0.222 e. The van der Waals surface area contributed by atoms with Gasteiger partial charge in [-0.3, -0.25) is 9.59 Å². The zero-order chi connectivity index (χ0) is 13.0. The average Bonchev–Trinajstić information content (AvgIpc) is 2.14. The number of nitrogens with one attached hydrogen (secondary N) is 2. The normalized spacial score (nSPS) is 9.24. The molecule has 2 N–H and O–H groups in total. The second-order valence-electron chi connectivity index (χ2n) is 3.49. The van der Waals surface area contributed by atoms with E-state index in [4.69, 9.17) is 5.26 Å². The third-order valence-electron chi connectivity index (χ3n) is 1.93. The Balaban J connectivity index is 3.24. The predicted octanol–water partition coefficient (Wildman–Crippen LogP) is -0.872. The van der Waals surface area contributed by atoms with Crippen LogP contribution in [-0.4, -0.2) is 24.6 Å². The lowest BCUT2D eigenvalue weighted by atomic mass is 9.96. The summed E-state index contributed by atoms with van der Waals surface area (Å²) in [6.45, 7) is 2.70. The Bertz CT molecular complexity index is 522. The maximum atomic E-state index is 11.0. The van der Waals surface area contributed by atoms with E-state index in [1.165, 1.54) is 19.9 Å². The average molecular weight is 230 g/mol. The Morgan fingerprint density at radius 1 is 1.35 bits per heavy atom. The minimum atomic E-state index is -0.291. The second-order valence-corrected chi connectivity index (χ2v) is 3.49. The zero-order valence-corrected chi connectivity index (χ0v) is 9.79. The van der Waals surface area contributed by atoms with Crippen molar-refractivity contribution in [3.05, 3.63) is 11.6 Å². The van der Waals surface area contributed by atoms with Crippen LogP contribution in [0.15, 0.2) is 6.07 Å². The zero-order valence-electron chi connectivity index (χ0n) is 9.79. The van der Waals surface area contributed by atoms with E-state index in [2.05, 4.69) is 15.6 Å². The Kier molecular flexibility index (Phi) is 3.83. The smallest absolute Gasteiger partial charge is 0.222 e. The number of aromatic nitrogens is 1. The molecule has 0 aliphatic carbocycles. The molecule has 17 heavy (non-hydrogen) atoms. The Morgan fingerprint density at radius 2 is 1.94 bits per heavy atom. The minimum absolute atomic E-state index is 0.268. The summed E-state index contributed by atoms with van der Waals surface area (Å²) < 4.78 is 0. The first-order valence-electron chi connectivity index (χ1n) is 4.91. The van der Waals surface area contributed by atoms with Crippen molar-refractivity contribution in [2.75, 3.05) is 10.6 Å². The van der Waals surface area contributed by atoms with Crippen LogP contribution < -0.4 is 16.2 Å². The van der Waals surface area contributed by atoms with E-state index in [1.54, 1.807) is 7.85 Å². The van der Waals surface area contributed by atoms with E-state index in [0.29, 0.717) is 17.1 Å². The quantitative estimate of drug-likeness (QED) is 0.645. The first-order chi connectivity index (χ1) is 7.93. The van der Waals surface area contributed by atoms with E-state index < -0.39 is 0 Å². The topological polar surface area (TPSA) is 94.9 Å². The van der Waals surface area contributed by atoms with E-state index in [1.807, 2.05) is 6.07 Å². The molecule has 1 aromatic rings. The van der Waals surface area contributed by atoms with Crippen molar-refractivity contribution in [3.63, 3.8) is 0 Å². The van der Waals surface area contributed by atoms with Crippen molar-refractivity contribution in [3.8, 4) is 6.07 Å². The summed E-state index contributed by atoms with van der Waals surface area (Å²) >= 11 is 0. The van der Waals surface area contributed by atoms with Gasteiger partial charge in [0.1, 0.15) is 11.9 Å². The van der Waals surface area contributed by atoms with Crippen molar-refractivity contribution >= 4 is 36.8 Å². The number of nitrogens with zero attached hydrogens (tertiary/aromatic N) is 2. The van der Waals surface area contributed by atoms with E-state index in [9.17, 15) is 9.59 Å². The van der Waals surface area contributed by atoms with Crippen LogP contribution >= 0.6 is 0 Å². The van der Waals surface area contributed by atoms with Gasteiger partial charge in [0.25, 0.3) is 0 Å². The van der Waals surface area contributed by atoms with Gasteiger partial charge in [-0.15, -0.1) is 0 Å². The Labute approximate surface area is 99.4 Å². The predicted molar refractivity (Wildman–Crippen MR) is 65.7 cm³/mol. The van der Waals surface area contributed by atoms with E-state index in [0.717, 1.165) is 0 Å². The molecule has 86 valence electrons. The molecule has 0 atom stereocenters. The first kappa shape index (κ1) is 12.7. The summed E-state index contributed by atoms with van der Waals surface area (Å²) in [5, 5.41) is 14.0. The van der Waals surface area contributed by atoms with Crippen LogP contribution in [-0.2, 0) is 9.59 Å². The van der Waals surface area contributed by atoms with Crippen LogP contribution in [0.1, 0.15) is 19.4 Å². The van der Waals surface area contributed by atoms with Crippen molar-refractivity contribution in [2.45, 2.75) is 13.8 Å². The number of anilines is 2. The van der Waals surface area contributed by atoms with Gasteiger partial charge in [-0.25, -0.2) is 4.98 Å². The van der Waals surface area contributed by atoms with Crippen LogP contribution in [0.2, 0.25) is 0 Å². The number of amides is 2. The van der Waals surface area contributed by atoms with Gasteiger partial charge in [0.2, 0.25) is 11.8 Å². The number of pyridine rings is 1. The summed E-state index contributed by atoms with van der Waals surface area (Å²) in [5.41, 5.74) is 1.08. The number of carbonyl (C=O) groups is 2. The number of nitriles is 1. The monoisotopic (exact) mass is 230 g/mol. The molecule has 0 radical (unpaired) electrons. The highest BCUT2D eigenvalue weighted by Gasteiger charge is 2.10. The fourth-order valence-corrected chi connectivity index (χ4v) is 1.35. The molecule has 0 spiro atoms.